The lowest BCUT2D eigenvalue weighted by Gasteiger charge is -2.04. The fourth-order valence-corrected chi connectivity index (χ4v) is 4.05. The second kappa shape index (κ2) is 6.63. The van der Waals surface area contributed by atoms with Gasteiger partial charge in [0.05, 0.1) is 40.5 Å². The van der Waals surface area contributed by atoms with Crippen LogP contribution in [0.3, 0.4) is 0 Å². The fraction of sp³-hybridized carbons (Fsp3) is 0.0833. The average molecular weight is 405 g/mol. The van der Waals surface area contributed by atoms with Crippen molar-refractivity contribution >= 4 is 21.8 Å². The summed E-state index contributed by atoms with van der Waals surface area (Å²) in [6.45, 7) is 2.00. The van der Waals surface area contributed by atoms with Gasteiger partial charge in [0.2, 0.25) is 0 Å². The van der Waals surface area contributed by atoms with Crippen molar-refractivity contribution in [1.29, 1.82) is 0 Å². The molecule has 0 fully saturated rings. The van der Waals surface area contributed by atoms with Gasteiger partial charge in [0.1, 0.15) is 11.5 Å². The van der Waals surface area contributed by atoms with E-state index in [1.165, 1.54) is 0 Å². The molecule has 0 aliphatic rings. The van der Waals surface area contributed by atoms with Gasteiger partial charge >= 0.3 is 0 Å². The first-order valence-corrected chi connectivity index (χ1v) is 10.0. The number of H-pyrrole nitrogens is 2. The zero-order valence-electron chi connectivity index (χ0n) is 17.1. The molecular weight excluding hydrogens is 386 g/mol. The monoisotopic (exact) mass is 405 g/mol. The van der Waals surface area contributed by atoms with Crippen molar-refractivity contribution < 1.29 is 0 Å². The maximum absolute atomic E-state index is 4.61. The van der Waals surface area contributed by atoms with Crippen LogP contribution in [-0.4, -0.2) is 34.7 Å². The highest BCUT2D eigenvalue weighted by Crippen LogP contribution is 2.34. The number of aromatic amines is 2. The lowest BCUT2D eigenvalue weighted by Crippen LogP contribution is -1.94. The van der Waals surface area contributed by atoms with Gasteiger partial charge in [-0.05, 0) is 37.3 Å². The molecule has 1 aromatic carbocycles. The standard InChI is InChI=1S/C24H19N7/c1-14-27-13-23(31(14)2)15-6-7-20-17(9-15)24(30-29-20)21-10-16-18(11-25-12-22(16)28-21)19-5-3-4-8-26-19/h3-13,28H,1-2H3,(H,29,30). The SMILES string of the molecule is Cc1ncc(-c2ccc3[nH]nc(-c4cc5c(-c6ccccn6)cncc5[nH]4)c3c2)n1C. The second-order valence-electron chi connectivity index (χ2n) is 7.63. The van der Waals surface area contributed by atoms with Gasteiger partial charge in [-0.15, -0.1) is 0 Å². The highest BCUT2D eigenvalue weighted by molar-refractivity contribution is 6.00. The van der Waals surface area contributed by atoms with E-state index in [1.807, 2.05) is 50.8 Å². The van der Waals surface area contributed by atoms with Crippen LogP contribution in [0.4, 0.5) is 0 Å². The number of pyridine rings is 2. The quantitative estimate of drug-likeness (QED) is 0.439. The van der Waals surface area contributed by atoms with Crippen molar-refractivity contribution in [2.24, 2.45) is 7.05 Å². The van der Waals surface area contributed by atoms with E-state index in [0.717, 1.165) is 61.5 Å². The van der Waals surface area contributed by atoms with Gasteiger partial charge in [0.25, 0.3) is 0 Å². The van der Waals surface area contributed by atoms with Crippen LogP contribution >= 0.6 is 0 Å². The number of aromatic nitrogens is 7. The molecule has 0 radical (unpaired) electrons. The molecular formula is C24H19N7. The third-order valence-electron chi connectivity index (χ3n) is 5.82. The predicted molar refractivity (Wildman–Crippen MR) is 121 cm³/mol. The van der Waals surface area contributed by atoms with Gasteiger partial charge in [-0.1, -0.05) is 12.1 Å². The van der Waals surface area contributed by atoms with Crippen LogP contribution in [0.15, 0.2) is 67.3 Å². The summed E-state index contributed by atoms with van der Waals surface area (Å²) in [6, 6.07) is 14.3. The molecule has 6 rings (SSSR count). The number of fused-ring (bicyclic) bond motifs is 2. The summed E-state index contributed by atoms with van der Waals surface area (Å²) in [5, 5.41) is 9.89. The number of imidazole rings is 1. The highest BCUT2D eigenvalue weighted by atomic mass is 15.1. The van der Waals surface area contributed by atoms with Crippen molar-refractivity contribution in [1.82, 2.24) is 34.7 Å². The van der Waals surface area contributed by atoms with E-state index in [2.05, 4.69) is 59.0 Å². The zero-order chi connectivity index (χ0) is 20.9. The van der Waals surface area contributed by atoms with E-state index in [0.29, 0.717) is 0 Å². The third-order valence-corrected chi connectivity index (χ3v) is 5.82. The summed E-state index contributed by atoms with van der Waals surface area (Å²) in [7, 11) is 2.03. The summed E-state index contributed by atoms with van der Waals surface area (Å²) < 4.78 is 2.09. The van der Waals surface area contributed by atoms with Gasteiger partial charge in [-0.25, -0.2) is 4.98 Å². The Kier molecular flexibility index (Phi) is 3.76. The molecule has 2 N–H and O–H groups in total. The Labute approximate surface area is 177 Å². The van der Waals surface area contributed by atoms with Crippen molar-refractivity contribution in [3.05, 3.63) is 73.1 Å². The molecule has 0 saturated heterocycles. The minimum atomic E-state index is 0.874. The summed E-state index contributed by atoms with van der Waals surface area (Å²) in [6.07, 6.45) is 7.40. The van der Waals surface area contributed by atoms with Crippen LogP contribution in [0, 0.1) is 6.92 Å². The molecule has 6 aromatic rings. The van der Waals surface area contributed by atoms with Crippen LogP contribution in [0.2, 0.25) is 0 Å². The number of rotatable bonds is 3. The fourth-order valence-electron chi connectivity index (χ4n) is 4.05. The van der Waals surface area contributed by atoms with E-state index < -0.39 is 0 Å². The van der Waals surface area contributed by atoms with E-state index in [9.17, 15) is 0 Å². The molecule has 5 aromatic heterocycles. The normalized spacial score (nSPS) is 11.5. The molecule has 5 heterocycles. The third kappa shape index (κ3) is 2.74. The molecule has 7 heteroatoms. The average Bonchev–Trinajstić information content (AvgIpc) is 3.50. The van der Waals surface area contributed by atoms with Gasteiger partial charge < -0.3 is 9.55 Å². The van der Waals surface area contributed by atoms with Crippen molar-refractivity contribution in [3.63, 3.8) is 0 Å². The molecule has 0 atom stereocenters. The van der Waals surface area contributed by atoms with E-state index in [1.54, 1.807) is 6.20 Å². The van der Waals surface area contributed by atoms with E-state index >= 15 is 0 Å². The second-order valence-corrected chi connectivity index (χ2v) is 7.63. The molecule has 7 nitrogen and oxygen atoms in total. The smallest absolute Gasteiger partial charge is 0.116 e. The first-order valence-electron chi connectivity index (χ1n) is 10.0. The zero-order valence-corrected chi connectivity index (χ0v) is 17.1. The van der Waals surface area contributed by atoms with Gasteiger partial charge in [0, 0.05) is 41.3 Å². The van der Waals surface area contributed by atoms with Crippen LogP contribution in [0.25, 0.3) is 55.7 Å². The number of hydrogen-bond acceptors (Lipinski definition) is 4. The first-order chi connectivity index (χ1) is 15.2. The Bertz CT molecular complexity index is 1550. The lowest BCUT2D eigenvalue weighted by molar-refractivity contribution is 0.865. The Hall–Kier alpha value is -4.26. The maximum Gasteiger partial charge on any atom is 0.116 e. The van der Waals surface area contributed by atoms with Crippen molar-refractivity contribution in [3.8, 4) is 33.9 Å². The molecule has 31 heavy (non-hydrogen) atoms. The lowest BCUT2D eigenvalue weighted by atomic mass is 10.1. The Balaban J connectivity index is 1.52. The number of nitrogens with zero attached hydrogens (tertiary/aromatic N) is 5. The van der Waals surface area contributed by atoms with Gasteiger partial charge in [0.15, 0.2) is 0 Å². The topological polar surface area (TPSA) is 88.1 Å². The largest absolute Gasteiger partial charge is 0.352 e. The maximum atomic E-state index is 4.61. The van der Waals surface area contributed by atoms with E-state index in [-0.39, 0.29) is 0 Å². The van der Waals surface area contributed by atoms with Crippen molar-refractivity contribution in [2.45, 2.75) is 6.92 Å². The summed E-state index contributed by atoms with van der Waals surface area (Å²) >= 11 is 0. The number of hydrogen-bond donors (Lipinski definition) is 2. The van der Waals surface area contributed by atoms with E-state index in [4.69, 9.17) is 0 Å². The van der Waals surface area contributed by atoms with Crippen LogP contribution in [0.1, 0.15) is 5.82 Å². The minimum absolute atomic E-state index is 0.874. The molecule has 0 aliphatic heterocycles. The first kappa shape index (κ1) is 17.6. The Morgan fingerprint density at radius 3 is 2.65 bits per heavy atom. The predicted octanol–water partition coefficient (Wildman–Crippen LogP) is 4.88. The summed E-state index contributed by atoms with van der Waals surface area (Å²) in [5.41, 5.74) is 7.81. The molecule has 0 bridgehead atoms. The molecule has 0 saturated carbocycles. The number of aryl methyl sites for hydroxylation is 1. The number of nitrogens with one attached hydrogen (secondary N) is 2. The van der Waals surface area contributed by atoms with Gasteiger partial charge in [-0.2, -0.15) is 5.10 Å². The molecule has 0 aliphatic carbocycles. The summed E-state index contributed by atoms with van der Waals surface area (Å²) in [4.78, 5) is 16.8. The molecule has 150 valence electrons. The minimum Gasteiger partial charge on any atom is -0.352 e. The van der Waals surface area contributed by atoms with Crippen LogP contribution in [0.5, 0.6) is 0 Å². The molecule has 0 unspecified atom stereocenters. The molecule has 0 amide bonds. The number of benzene rings is 1. The Morgan fingerprint density at radius 1 is 0.903 bits per heavy atom. The molecule has 0 spiro atoms. The van der Waals surface area contributed by atoms with Crippen LogP contribution in [-0.2, 0) is 7.05 Å². The van der Waals surface area contributed by atoms with Gasteiger partial charge in [-0.3, -0.25) is 15.1 Å². The summed E-state index contributed by atoms with van der Waals surface area (Å²) in [5.74, 6) is 0.979. The van der Waals surface area contributed by atoms with Crippen molar-refractivity contribution in [2.75, 3.05) is 0 Å². The van der Waals surface area contributed by atoms with Crippen LogP contribution < -0.4 is 0 Å². The highest BCUT2D eigenvalue weighted by Gasteiger charge is 2.15. The Morgan fingerprint density at radius 2 is 1.84 bits per heavy atom.